The highest BCUT2D eigenvalue weighted by atomic mass is 16.5. The van der Waals surface area contributed by atoms with E-state index in [4.69, 9.17) is 9.47 Å². The first-order valence-corrected chi connectivity index (χ1v) is 7.33. The van der Waals surface area contributed by atoms with Crippen molar-refractivity contribution in [2.45, 2.75) is 13.0 Å². The Bertz CT molecular complexity index is 608. The predicted molar refractivity (Wildman–Crippen MR) is 89.0 cm³/mol. The number of benzene rings is 2. The smallest absolute Gasteiger partial charge is 0.161 e. The number of anilines is 1. The second-order valence-electron chi connectivity index (χ2n) is 5.23. The van der Waals surface area contributed by atoms with Gasteiger partial charge in [-0.15, -0.1) is 0 Å². The third kappa shape index (κ3) is 3.52. The van der Waals surface area contributed by atoms with Crippen molar-refractivity contribution >= 4 is 5.69 Å². The molecule has 0 fully saturated rings. The van der Waals surface area contributed by atoms with E-state index in [1.165, 1.54) is 0 Å². The Balaban J connectivity index is 2.28. The van der Waals surface area contributed by atoms with Gasteiger partial charge in [0.1, 0.15) is 6.10 Å². The monoisotopic (exact) mass is 301 g/mol. The van der Waals surface area contributed by atoms with E-state index in [-0.39, 0.29) is 0 Å². The molecule has 0 saturated carbocycles. The number of hydrogen-bond acceptors (Lipinski definition) is 4. The zero-order valence-electron chi connectivity index (χ0n) is 13.5. The van der Waals surface area contributed by atoms with Crippen LogP contribution in [0.5, 0.6) is 11.5 Å². The van der Waals surface area contributed by atoms with Crippen LogP contribution >= 0.6 is 0 Å². The standard InChI is InChI=1S/C18H23NO3/c1-5-22-17-12-14(8-11-16(17)21-4)18(20)13-6-9-15(10-7-13)19(2)3/h6-12,18,20H,5H2,1-4H3/t18-/m0/s1. The molecule has 118 valence electrons. The maximum absolute atomic E-state index is 10.6. The summed E-state index contributed by atoms with van der Waals surface area (Å²) in [6, 6.07) is 13.3. The van der Waals surface area contributed by atoms with Crippen LogP contribution in [0.15, 0.2) is 42.5 Å². The molecule has 0 aliphatic rings. The maximum Gasteiger partial charge on any atom is 0.161 e. The van der Waals surface area contributed by atoms with Gasteiger partial charge >= 0.3 is 0 Å². The summed E-state index contributed by atoms with van der Waals surface area (Å²) >= 11 is 0. The second kappa shape index (κ2) is 7.18. The number of nitrogens with zero attached hydrogens (tertiary/aromatic N) is 1. The van der Waals surface area contributed by atoms with E-state index >= 15 is 0 Å². The van der Waals surface area contributed by atoms with Crippen LogP contribution in [0, 0.1) is 0 Å². The molecule has 1 N–H and O–H groups in total. The molecule has 2 aromatic rings. The normalized spacial score (nSPS) is 11.9. The number of aliphatic hydroxyl groups excluding tert-OH is 1. The summed E-state index contributed by atoms with van der Waals surface area (Å²) in [5.74, 6) is 1.31. The molecule has 0 heterocycles. The summed E-state index contributed by atoms with van der Waals surface area (Å²) in [6.45, 7) is 2.47. The minimum atomic E-state index is -0.693. The highest BCUT2D eigenvalue weighted by Gasteiger charge is 2.14. The number of aliphatic hydroxyl groups is 1. The average Bonchev–Trinajstić information content (AvgIpc) is 2.54. The molecular weight excluding hydrogens is 278 g/mol. The molecule has 22 heavy (non-hydrogen) atoms. The Morgan fingerprint density at radius 1 is 1.00 bits per heavy atom. The first-order chi connectivity index (χ1) is 10.6. The molecule has 0 unspecified atom stereocenters. The van der Waals surface area contributed by atoms with E-state index < -0.39 is 6.10 Å². The quantitative estimate of drug-likeness (QED) is 0.889. The van der Waals surface area contributed by atoms with Crippen molar-refractivity contribution in [2.24, 2.45) is 0 Å². The summed E-state index contributed by atoms with van der Waals surface area (Å²) < 4.78 is 10.8. The van der Waals surface area contributed by atoms with E-state index in [2.05, 4.69) is 0 Å². The van der Waals surface area contributed by atoms with Crippen LogP contribution in [0.4, 0.5) is 5.69 Å². The number of rotatable bonds is 6. The molecular formula is C18H23NO3. The van der Waals surface area contributed by atoms with Crippen LogP contribution in [0.25, 0.3) is 0 Å². The van der Waals surface area contributed by atoms with Gasteiger partial charge in [-0.2, -0.15) is 0 Å². The zero-order chi connectivity index (χ0) is 16.1. The van der Waals surface area contributed by atoms with Gasteiger partial charge in [-0.3, -0.25) is 0 Å². The molecule has 1 atom stereocenters. The highest BCUT2D eigenvalue weighted by molar-refractivity contribution is 5.49. The van der Waals surface area contributed by atoms with E-state index in [9.17, 15) is 5.11 Å². The maximum atomic E-state index is 10.6. The van der Waals surface area contributed by atoms with Gasteiger partial charge in [0.2, 0.25) is 0 Å². The van der Waals surface area contributed by atoms with Crippen molar-refractivity contribution in [3.05, 3.63) is 53.6 Å². The summed E-state index contributed by atoms with van der Waals surface area (Å²) in [5.41, 5.74) is 2.72. The highest BCUT2D eigenvalue weighted by Crippen LogP contribution is 2.32. The lowest BCUT2D eigenvalue weighted by Gasteiger charge is -2.17. The Morgan fingerprint density at radius 2 is 1.64 bits per heavy atom. The summed E-state index contributed by atoms with van der Waals surface area (Å²) in [4.78, 5) is 2.02. The lowest BCUT2D eigenvalue weighted by atomic mass is 10.0. The minimum Gasteiger partial charge on any atom is -0.493 e. The third-order valence-corrected chi connectivity index (χ3v) is 3.53. The van der Waals surface area contributed by atoms with Crippen molar-refractivity contribution in [1.29, 1.82) is 0 Å². The van der Waals surface area contributed by atoms with Crippen LogP contribution in [-0.4, -0.2) is 32.9 Å². The SMILES string of the molecule is CCOc1cc([C@@H](O)c2ccc(N(C)C)cc2)ccc1OC. The van der Waals surface area contributed by atoms with Crippen LogP contribution in [0.1, 0.15) is 24.2 Å². The van der Waals surface area contributed by atoms with Gasteiger partial charge < -0.3 is 19.5 Å². The van der Waals surface area contributed by atoms with Crippen molar-refractivity contribution in [3.63, 3.8) is 0 Å². The van der Waals surface area contributed by atoms with Gasteiger partial charge in [0, 0.05) is 19.8 Å². The number of hydrogen-bond donors (Lipinski definition) is 1. The van der Waals surface area contributed by atoms with E-state index in [1.54, 1.807) is 7.11 Å². The molecule has 0 aromatic heterocycles. The first-order valence-electron chi connectivity index (χ1n) is 7.33. The summed E-state index contributed by atoms with van der Waals surface area (Å²) in [5, 5.41) is 10.6. The Morgan fingerprint density at radius 3 is 2.18 bits per heavy atom. The van der Waals surface area contributed by atoms with E-state index in [1.807, 2.05) is 68.4 Å². The molecule has 2 aromatic carbocycles. The lowest BCUT2D eigenvalue weighted by Crippen LogP contribution is -2.08. The van der Waals surface area contributed by atoms with Gasteiger partial charge in [-0.05, 0) is 42.3 Å². The Kier molecular flexibility index (Phi) is 5.28. The number of ether oxygens (including phenoxy) is 2. The Hall–Kier alpha value is -2.20. The largest absolute Gasteiger partial charge is 0.493 e. The van der Waals surface area contributed by atoms with Gasteiger partial charge in [0.05, 0.1) is 13.7 Å². The summed E-state index contributed by atoms with van der Waals surface area (Å²) in [7, 11) is 5.58. The Labute approximate surface area is 131 Å². The molecule has 0 aliphatic carbocycles. The fourth-order valence-electron chi connectivity index (χ4n) is 2.28. The molecule has 0 bridgehead atoms. The summed E-state index contributed by atoms with van der Waals surface area (Å²) in [6.07, 6.45) is -0.693. The number of methoxy groups -OCH3 is 1. The van der Waals surface area contributed by atoms with Gasteiger partial charge in [-0.1, -0.05) is 18.2 Å². The zero-order valence-corrected chi connectivity index (χ0v) is 13.5. The molecule has 0 saturated heterocycles. The van der Waals surface area contributed by atoms with Crippen molar-refractivity contribution < 1.29 is 14.6 Å². The van der Waals surface area contributed by atoms with Crippen LogP contribution in [0.2, 0.25) is 0 Å². The van der Waals surface area contributed by atoms with Crippen molar-refractivity contribution in [3.8, 4) is 11.5 Å². The molecule has 0 spiro atoms. The van der Waals surface area contributed by atoms with E-state index in [0.29, 0.717) is 18.1 Å². The molecule has 4 heteroatoms. The molecule has 0 aliphatic heterocycles. The van der Waals surface area contributed by atoms with Crippen LogP contribution in [-0.2, 0) is 0 Å². The van der Waals surface area contributed by atoms with Crippen molar-refractivity contribution in [2.75, 3.05) is 32.7 Å². The van der Waals surface area contributed by atoms with Gasteiger partial charge in [0.25, 0.3) is 0 Å². The molecule has 0 amide bonds. The van der Waals surface area contributed by atoms with Gasteiger partial charge in [-0.25, -0.2) is 0 Å². The van der Waals surface area contributed by atoms with Crippen molar-refractivity contribution in [1.82, 2.24) is 0 Å². The van der Waals surface area contributed by atoms with Crippen LogP contribution < -0.4 is 14.4 Å². The fraction of sp³-hybridized carbons (Fsp3) is 0.333. The van der Waals surface area contributed by atoms with E-state index in [0.717, 1.165) is 16.8 Å². The first kappa shape index (κ1) is 16.2. The molecule has 0 radical (unpaired) electrons. The predicted octanol–water partition coefficient (Wildman–Crippen LogP) is 3.24. The average molecular weight is 301 g/mol. The fourth-order valence-corrected chi connectivity index (χ4v) is 2.28. The minimum absolute atomic E-state index is 0.549. The topological polar surface area (TPSA) is 41.9 Å². The van der Waals surface area contributed by atoms with Gasteiger partial charge in [0.15, 0.2) is 11.5 Å². The molecule has 2 rings (SSSR count). The van der Waals surface area contributed by atoms with Crippen LogP contribution in [0.3, 0.4) is 0 Å². The lowest BCUT2D eigenvalue weighted by molar-refractivity contribution is 0.219. The molecule has 4 nitrogen and oxygen atoms in total. The second-order valence-corrected chi connectivity index (χ2v) is 5.23. The third-order valence-electron chi connectivity index (χ3n) is 3.53.